The molecule has 3 heterocycles. The Bertz CT molecular complexity index is 558. The van der Waals surface area contributed by atoms with Gasteiger partial charge in [0.05, 0.1) is 5.69 Å². The molecule has 0 radical (unpaired) electrons. The van der Waals surface area contributed by atoms with Crippen molar-refractivity contribution >= 4 is 15.9 Å². The number of rotatable bonds is 1. The van der Waals surface area contributed by atoms with E-state index in [9.17, 15) is 0 Å². The third-order valence-corrected chi connectivity index (χ3v) is 3.78. The van der Waals surface area contributed by atoms with E-state index in [2.05, 4.69) is 25.5 Å². The van der Waals surface area contributed by atoms with Gasteiger partial charge in [-0.05, 0) is 41.4 Å². The molecule has 0 fully saturated rings. The van der Waals surface area contributed by atoms with Crippen LogP contribution in [0.1, 0.15) is 17.9 Å². The molecule has 0 saturated heterocycles. The molecule has 17 heavy (non-hydrogen) atoms. The van der Waals surface area contributed by atoms with Crippen LogP contribution in [0.3, 0.4) is 0 Å². The van der Waals surface area contributed by atoms with Crippen LogP contribution in [0.2, 0.25) is 0 Å². The highest BCUT2D eigenvalue weighted by Gasteiger charge is 2.24. The maximum absolute atomic E-state index is 6.02. The summed E-state index contributed by atoms with van der Waals surface area (Å²) < 4.78 is 8.69. The smallest absolute Gasteiger partial charge is 0.178 e. The Kier molecular flexibility index (Phi) is 2.60. The zero-order valence-corrected chi connectivity index (χ0v) is 11.2. The second-order valence-electron chi connectivity index (χ2n) is 4.49. The minimum atomic E-state index is 0.223. The van der Waals surface area contributed by atoms with Crippen LogP contribution in [-0.4, -0.2) is 15.6 Å². The molecule has 0 aromatic carbocycles. The lowest BCUT2D eigenvalue weighted by atomic mass is 10.0. The average molecular weight is 296 g/mol. The summed E-state index contributed by atoms with van der Waals surface area (Å²) in [5.41, 5.74) is 8.11. The fourth-order valence-electron chi connectivity index (χ4n) is 2.29. The lowest BCUT2D eigenvalue weighted by Gasteiger charge is -2.21. The van der Waals surface area contributed by atoms with Gasteiger partial charge in [0.25, 0.3) is 0 Å². The SMILES string of the molecule is Cc1ccc(-c2nc(Br)n3c2CC(N)CC3)o1. The van der Waals surface area contributed by atoms with E-state index in [0.29, 0.717) is 0 Å². The third kappa shape index (κ3) is 1.83. The van der Waals surface area contributed by atoms with Crippen LogP contribution in [0.5, 0.6) is 0 Å². The highest BCUT2D eigenvalue weighted by atomic mass is 79.9. The Morgan fingerprint density at radius 1 is 1.53 bits per heavy atom. The molecule has 0 spiro atoms. The quantitative estimate of drug-likeness (QED) is 0.879. The monoisotopic (exact) mass is 295 g/mol. The number of halogens is 1. The number of nitrogens with two attached hydrogens (primary N) is 1. The molecule has 5 heteroatoms. The van der Waals surface area contributed by atoms with Gasteiger partial charge in [-0.15, -0.1) is 0 Å². The third-order valence-electron chi connectivity index (χ3n) is 3.18. The van der Waals surface area contributed by atoms with Gasteiger partial charge in [-0.25, -0.2) is 4.98 Å². The highest BCUT2D eigenvalue weighted by molar-refractivity contribution is 9.10. The van der Waals surface area contributed by atoms with Gasteiger partial charge in [0.2, 0.25) is 0 Å². The molecule has 1 aliphatic rings. The molecule has 2 N–H and O–H groups in total. The van der Waals surface area contributed by atoms with Crippen molar-refractivity contribution < 1.29 is 4.42 Å². The van der Waals surface area contributed by atoms with Crippen LogP contribution in [0, 0.1) is 6.92 Å². The summed E-state index contributed by atoms with van der Waals surface area (Å²) in [5, 5.41) is 0. The number of fused-ring (bicyclic) bond motifs is 1. The Balaban J connectivity index is 2.12. The molecule has 90 valence electrons. The van der Waals surface area contributed by atoms with Gasteiger partial charge in [-0.3, -0.25) is 0 Å². The summed E-state index contributed by atoms with van der Waals surface area (Å²) in [6.45, 7) is 2.86. The molecular formula is C12H14BrN3O. The number of hydrogen-bond acceptors (Lipinski definition) is 3. The molecule has 2 aromatic rings. The van der Waals surface area contributed by atoms with E-state index >= 15 is 0 Å². The summed E-state index contributed by atoms with van der Waals surface area (Å²) >= 11 is 3.50. The van der Waals surface area contributed by atoms with Crippen molar-refractivity contribution in [3.8, 4) is 11.5 Å². The van der Waals surface area contributed by atoms with Gasteiger partial charge in [-0.2, -0.15) is 0 Å². The van der Waals surface area contributed by atoms with Gasteiger partial charge in [0, 0.05) is 19.0 Å². The Morgan fingerprint density at radius 2 is 2.35 bits per heavy atom. The molecule has 3 rings (SSSR count). The van der Waals surface area contributed by atoms with E-state index in [0.717, 1.165) is 41.3 Å². The standard InChI is InChI=1S/C12H14BrN3O/c1-7-2-3-10(17-7)11-9-6-8(14)4-5-16(9)12(13)15-11/h2-3,8H,4-6,14H2,1H3. The number of nitrogens with zero attached hydrogens (tertiary/aromatic N) is 2. The van der Waals surface area contributed by atoms with Gasteiger partial charge >= 0.3 is 0 Å². The largest absolute Gasteiger partial charge is 0.460 e. The van der Waals surface area contributed by atoms with Crippen molar-refractivity contribution in [2.45, 2.75) is 32.4 Å². The van der Waals surface area contributed by atoms with E-state index in [1.54, 1.807) is 0 Å². The van der Waals surface area contributed by atoms with Crippen LogP contribution in [0.4, 0.5) is 0 Å². The maximum atomic E-state index is 6.02. The number of imidazole rings is 1. The first-order valence-electron chi connectivity index (χ1n) is 5.72. The number of furan rings is 1. The Hall–Kier alpha value is -1.07. The molecule has 4 nitrogen and oxygen atoms in total. The molecule has 1 atom stereocenters. The molecule has 1 aliphatic heterocycles. The van der Waals surface area contributed by atoms with Crippen molar-refractivity contribution in [1.29, 1.82) is 0 Å². The number of hydrogen-bond donors (Lipinski definition) is 1. The number of aryl methyl sites for hydroxylation is 1. The van der Waals surface area contributed by atoms with E-state index in [1.165, 1.54) is 5.69 Å². The zero-order chi connectivity index (χ0) is 12.0. The van der Waals surface area contributed by atoms with Crippen LogP contribution < -0.4 is 5.73 Å². The van der Waals surface area contributed by atoms with E-state index in [4.69, 9.17) is 10.2 Å². The van der Waals surface area contributed by atoms with Crippen LogP contribution in [0.15, 0.2) is 21.3 Å². The summed E-state index contributed by atoms with van der Waals surface area (Å²) in [7, 11) is 0. The van der Waals surface area contributed by atoms with Gasteiger partial charge in [0.1, 0.15) is 11.5 Å². The van der Waals surface area contributed by atoms with E-state index in [1.807, 2.05) is 19.1 Å². The minimum absolute atomic E-state index is 0.223. The first-order chi connectivity index (χ1) is 8.15. The summed E-state index contributed by atoms with van der Waals surface area (Å²) in [6.07, 6.45) is 1.85. The van der Waals surface area contributed by atoms with Gasteiger partial charge in [-0.1, -0.05) is 0 Å². The van der Waals surface area contributed by atoms with Crippen molar-refractivity contribution in [2.24, 2.45) is 5.73 Å². The molecule has 0 aliphatic carbocycles. The molecule has 0 amide bonds. The maximum Gasteiger partial charge on any atom is 0.178 e. The van der Waals surface area contributed by atoms with Crippen molar-refractivity contribution in [1.82, 2.24) is 9.55 Å². The predicted molar refractivity (Wildman–Crippen MR) is 68.7 cm³/mol. The van der Waals surface area contributed by atoms with Crippen LogP contribution in [-0.2, 0) is 13.0 Å². The normalized spacial score (nSPS) is 19.4. The van der Waals surface area contributed by atoms with Crippen molar-refractivity contribution in [3.63, 3.8) is 0 Å². The molecule has 2 aromatic heterocycles. The first kappa shape index (κ1) is 11.0. The molecule has 0 bridgehead atoms. The van der Waals surface area contributed by atoms with E-state index < -0.39 is 0 Å². The predicted octanol–water partition coefficient (Wildman–Crippen LogP) is 2.49. The van der Waals surface area contributed by atoms with Crippen LogP contribution >= 0.6 is 15.9 Å². The summed E-state index contributed by atoms with van der Waals surface area (Å²) in [4.78, 5) is 4.54. The average Bonchev–Trinajstić information content (AvgIpc) is 2.83. The lowest BCUT2D eigenvalue weighted by Crippen LogP contribution is -2.30. The fraction of sp³-hybridized carbons (Fsp3) is 0.417. The highest BCUT2D eigenvalue weighted by Crippen LogP contribution is 2.31. The Labute approximate surface area is 108 Å². The van der Waals surface area contributed by atoms with Crippen molar-refractivity contribution in [3.05, 3.63) is 28.3 Å². The van der Waals surface area contributed by atoms with Gasteiger partial charge < -0.3 is 14.7 Å². The summed E-state index contributed by atoms with van der Waals surface area (Å²) in [6, 6.07) is 4.14. The fourth-order valence-corrected chi connectivity index (χ4v) is 2.86. The second kappa shape index (κ2) is 3.99. The Morgan fingerprint density at radius 3 is 3.06 bits per heavy atom. The number of aromatic nitrogens is 2. The summed E-state index contributed by atoms with van der Waals surface area (Å²) in [5.74, 6) is 1.73. The molecular weight excluding hydrogens is 282 g/mol. The van der Waals surface area contributed by atoms with Crippen molar-refractivity contribution in [2.75, 3.05) is 0 Å². The zero-order valence-electron chi connectivity index (χ0n) is 9.61. The molecule has 0 saturated carbocycles. The first-order valence-corrected chi connectivity index (χ1v) is 6.51. The second-order valence-corrected chi connectivity index (χ2v) is 5.20. The van der Waals surface area contributed by atoms with E-state index in [-0.39, 0.29) is 6.04 Å². The minimum Gasteiger partial charge on any atom is -0.460 e. The lowest BCUT2D eigenvalue weighted by molar-refractivity contribution is 0.465. The van der Waals surface area contributed by atoms with Crippen LogP contribution in [0.25, 0.3) is 11.5 Å². The topological polar surface area (TPSA) is 57.0 Å². The van der Waals surface area contributed by atoms with Gasteiger partial charge in [0.15, 0.2) is 10.5 Å². The molecule has 1 unspecified atom stereocenters.